The fraction of sp³-hybridized carbons (Fsp3) is 0.0435. The van der Waals surface area contributed by atoms with Gasteiger partial charge < -0.3 is 14.9 Å². The van der Waals surface area contributed by atoms with Gasteiger partial charge in [0.1, 0.15) is 23.1 Å². The van der Waals surface area contributed by atoms with Crippen LogP contribution in [-0.2, 0) is 0 Å². The summed E-state index contributed by atoms with van der Waals surface area (Å²) in [6.45, 7) is 0. The molecule has 0 radical (unpaired) electrons. The van der Waals surface area contributed by atoms with Crippen LogP contribution in [0.4, 0.5) is 4.39 Å². The first-order chi connectivity index (χ1) is 14.0. The van der Waals surface area contributed by atoms with E-state index in [2.05, 4.69) is 9.97 Å². The Hall–Kier alpha value is -3.93. The average Bonchev–Trinajstić information content (AvgIpc) is 2.76. The van der Waals surface area contributed by atoms with Crippen molar-refractivity contribution in [2.45, 2.75) is 0 Å². The monoisotopic (exact) mass is 388 g/mol. The third-order valence-corrected chi connectivity index (χ3v) is 4.47. The third-order valence-electron chi connectivity index (χ3n) is 4.47. The number of phenolic OH excluding ortho intramolecular Hbond substituents is 2. The minimum Gasteiger partial charge on any atom is -0.507 e. The number of nitrogens with zero attached hydrogens (tertiary/aromatic N) is 2. The molecule has 144 valence electrons. The topological polar surface area (TPSA) is 75.5 Å². The van der Waals surface area contributed by atoms with E-state index in [-0.39, 0.29) is 11.5 Å². The Bertz CT molecular complexity index is 1190. The zero-order valence-corrected chi connectivity index (χ0v) is 15.5. The Morgan fingerprint density at radius 2 is 1.21 bits per heavy atom. The number of phenols is 2. The predicted octanol–water partition coefficient (Wildman–Crippen LogP) is 5.04. The second-order valence-corrected chi connectivity index (χ2v) is 6.36. The maximum Gasteiger partial charge on any atom is 0.125 e. The van der Waals surface area contributed by atoms with Crippen LogP contribution in [0, 0.1) is 5.82 Å². The first kappa shape index (κ1) is 18.4. The highest BCUT2D eigenvalue weighted by molar-refractivity contribution is 5.72. The van der Waals surface area contributed by atoms with Crippen molar-refractivity contribution in [1.82, 2.24) is 9.97 Å². The van der Waals surface area contributed by atoms with E-state index in [0.29, 0.717) is 39.7 Å². The molecule has 29 heavy (non-hydrogen) atoms. The SMILES string of the molecule is COc1ccc(O)c(-c2cccc(-c3cccc(-c4cc(F)ccc4O)n3)n2)c1. The Kier molecular flexibility index (Phi) is 4.83. The van der Waals surface area contributed by atoms with Crippen molar-refractivity contribution in [3.8, 4) is 51.2 Å². The summed E-state index contributed by atoms with van der Waals surface area (Å²) in [6.07, 6.45) is 0. The van der Waals surface area contributed by atoms with Crippen molar-refractivity contribution in [1.29, 1.82) is 0 Å². The zero-order chi connectivity index (χ0) is 20.4. The summed E-state index contributed by atoms with van der Waals surface area (Å²) >= 11 is 0. The van der Waals surface area contributed by atoms with Gasteiger partial charge in [-0.3, -0.25) is 0 Å². The summed E-state index contributed by atoms with van der Waals surface area (Å²) in [5.41, 5.74) is 2.94. The van der Waals surface area contributed by atoms with E-state index in [0.717, 1.165) is 0 Å². The van der Waals surface area contributed by atoms with E-state index >= 15 is 0 Å². The molecule has 6 heteroatoms. The van der Waals surface area contributed by atoms with Gasteiger partial charge >= 0.3 is 0 Å². The summed E-state index contributed by atoms with van der Waals surface area (Å²) in [6, 6.07) is 19.2. The molecule has 0 amide bonds. The molecule has 0 spiro atoms. The van der Waals surface area contributed by atoms with Gasteiger partial charge in [-0.15, -0.1) is 0 Å². The van der Waals surface area contributed by atoms with Gasteiger partial charge in [-0.1, -0.05) is 12.1 Å². The fourth-order valence-corrected chi connectivity index (χ4v) is 3.02. The number of aromatic nitrogens is 2. The number of aromatic hydroxyl groups is 2. The Morgan fingerprint density at radius 1 is 0.690 bits per heavy atom. The van der Waals surface area contributed by atoms with Gasteiger partial charge in [0.2, 0.25) is 0 Å². The highest BCUT2D eigenvalue weighted by Crippen LogP contribution is 2.33. The average molecular weight is 388 g/mol. The minimum atomic E-state index is -0.460. The molecule has 5 nitrogen and oxygen atoms in total. The summed E-state index contributed by atoms with van der Waals surface area (Å²) < 4.78 is 18.8. The lowest BCUT2D eigenvalue weighted by molar-refractivity contribution is 0.412. The largest absolute Gasteiger partial charge is 0.507 e. The molecular weight excluding hydrogens is 371 g/mol. The van der Waals surface area contributed by atoms with E-state index in [1.54, 1.807) is 55.6 Å². The molecule has 0 fully saturated rings. The van der Waals surface area contributed by atoms with Crippen LogP contribution < -0.4 is 4.74 Å². The summed E-state index contributed by atoms with van der Waals surface area (Å²) in [4.78, 5) is 9.14. The molecule has 0 bridgehead atoms. The third kappa shape index (κ3) is 3.73. The van der Waals surface area contributed by atoms with Crippen molar-refractivity contribution in [3.05, 3.63) is 78.6 Å². The molecule has 2 N–H and O–H groups in total. The molecule has 0 aliphatic rings. The first-order valence-corrected chi connectivity index (χ1v) is 8.86. The Morgan fingerprint density at radius 3 is 1.79 bits per heavy atom. The van der Waals surface area contributed by atoms with Gasteiger partial charge in [-0.2, -0.15) is 0 Å². The van der Waals surface area contributed by atoms with Crippen molar-refractivity contribution >= 4 is 0 Å². The number of pyridine rings is 2. The van der Waals surface area contributed by atoms with Crippen LogP contribution in [-0.4, -0.2) is 27.3 Å². The molecule has 0 atom stereocenters. The quantitative estimate of drug-likeness (QED) is 0.512. The van der Waals surface area contributed by atoms with Crippen molar-refractivity contribution in [3.63, 3.8) is 0 Å². The number of hydrogen-bond acceptors (Lipinski definition) is 5. The first-order valence-electron chi connectivity index (χ1n) is 8.86. The lowest BCUT2D eigenvalue weighted by atomic mass is 10.1. The summed E-state index contributed by atoms with van der Waals surface area (Å²) in [5, 5.41) is 20.3. The van der Waals surface area contributed by atoms with Crippen molar-refractivity contribution in [2.75, 3.05) is 7.11 Å². The number of ether oxygens (including phenoxy) is 1. The van der Waals surface area contributed by atoms with Crippen LogP contribution in [0.3, 0.4) is 0 Å². The van der Waals surface area contributed by atoms with Crippen LogP contribution in [0.1, 0.15) is 0 Å². The van der Waals surface area contributed by atoms with Gasteiger partial charge in [0.05, 0.1) is 29.9 Å². The fourth-order valence-electron chi connectivity index (χ4n) is 3.02. The second kappa shape index (κ2) is 7.59. The summed E-state index contributed by atoms with van der Waals surface area (Å²) in [5.74, 6) is 0.172. The minimum absolute atomic E-state index is 0.0564. The molecule has 2 aromatic carbocycles. The van der Waals surface area contributed by atoms with Crippen LogP contribution in [0.5, 0.6) is 17.2 Å². The molecule has 4 rings (SSSR count). The highest BCUT2D eigenvalue weighted by atomic mass is 19.1. The standard InChI is InChI=1S/C23H17FN2O3/c1-29-15-9-11-23(28)17(13-15)19-5-3-7-21(26-19)20-6-2-4-18(25-20)16-12-14(24)8-10-22(16)27/h2-13,27-28H,1H3. The molecule has 0 aliphatic carbocycles. The van der Waals surface area contributed by atoms with Crippen LogP contribution in [0.15, 0.2) is 72.8 Å². The lowest BCUT2D eigenvalue weighted by Gasteiger charge is -2.10. The van der Waals surface area contributed by atoms with E-state index in [1.165, 1.54) is 18.2 Å². The van der Waals surface area contributed by atoms with E-state index in [9.17, 15) is 14.6 Å². The maximum absolute atomic E-state index is 13.6. The number of rotatable bonds is 4. The van der Waals surface area contributed by atoms with Gasteiger partial charge in [-0.25, -0.2) is 14.4 Å². The molecule has 2 heterocycles. The number of hydrogen-bond donors (Lipinski definition) is 2. The molecule has 0 unspecified atom stereocenters. The predicted molar refractivity (Wildman–Crippen MR) is 108 cm³/mol. The lowest BCUT2D eigenvalue weighted by Crippen LogP contribution is -1.93. The maximum atomic E-state index is 13.6. The molecule has 4 aromatic rings. The van der Waals surface area contributed by atoms with Gasteiger partial charge in [0, 0.05) is 11.1 Å². The van der Waals surface area contributed by atoms with Crippen LogP contribution in [0.25, 0.3) is 33.9 Å². The zero-order valence-electron chi connectivity index (χ0n) is 15.5. The van der Waals surface area contributed by atoms with E-state index in [4.69, 9.17) is 4.74 Å². The normalized spacial score (nSPS) is 10.7. The number of methoxy groups -OCH3 is 1. The van der Waals surface area contributed by atoms with Crippen molar-refractivity contribution < 1.29 is 19.3 Å². The van der Waals surface area contributed by atoms with Crippen molar-refractivity contribution in [2.24, 2.45) is 0 Å². The molecule has 0 saturated heterocycles. The Balaban J connectivity index is 1.77. The molecule has 0 aliphatic heterocycles. The molecular formula is C23H17FN2O3. The van der Waals surface area contributed by atoms with E-state index < -0.39 is 5.82 Å². The smallest absolute Gasteiger partial charge is 0.125 e. The van der Waals surface area contributed by atoms with Crippen LogP contribution >= 0.6 is 0 Å². The van der Waals surface area contributed by atoms with Gasteiger partial charge in [-0.05, 0) is 60.7 Å². The number of benzene rings is 2. The van der Waals surface area contributed by atoms with E-state index in [1.807, 2.05) is 6.07 Å². The van der Waals surface area contributed by atoms with Gasteiger partial charge in [0.15, 0.2) is 0 Å². The van der Waals surface area contributed by atoms with Gasteiger partial charge in [0.25, 0.3) is 0 Å². The highest BCUT2D eigenvalue weighted by Gasteiger charge is 2.12. The van der Waals surface area contributed by atoms with Crippen LogP contribution in [0.2, 0.25) is 0 Å². The summed E-state index contributed by atoms with van der Waals surface area (Å²) in [7, 11) is 1.55. The molecule has 2 aromatic heterocycles. The number of halogens is 1. The Labute approximate surface area is 166 Å². The molecule has 0 saturated carbocycles. The second-order valence-electron chi connectivity index (χ2n) is 6.36.